The number of rotatable bonds is 4. The second-order valence-corrected chi connectivity index (χ2v) is 8.06. The van der Waals surface area contributed by atoms with Crippen molar-refractivity contribution in [1.82, 2.24) is 15.1 Å². The lowest BCUT2D eigenvalue weighted by atomic mass is 10.0. The molecule has 2 rings (SSSR count). The summed E-state index contributed by atoms with van der Waals surface area (Å²) in [5.41, 5.74) is 1.29. The summed E-state index contributed by atoms with van der Waals surface area (Å²) < 4.78 is 6.27. The van der Waals surface area contributed by atoms with E-state index in [1.165, 1.54) is 6.92 Å². The highest BCUT2D eigenvalue weighted by molar-refractivity contribution is 5.90. The van der Waals surface area contributed by atoms with Gasteiger partial charge in [-0.3, -0.25) is 9.59 Å². The highest BCUT2D eigenvalue weighted by atomic mass is 16.5. The lowest BCUT2D eigenvalue weighted by Crippen LogP contribution is -2.43. The lowest BCUT2D eigenvalue weighted by Gasteiger charge is -2.30. The van der Waals surface area contributed by atoms with Crippen molar-refractivity contribution in [3.8, 4) is 5.75 Å². The first-order valence-electron chi connectivity index (χ1n) is 9.89. The van der Waals surface area contributed by atoms with Crippen LogP contribution in [0.5, 0.6) is 5.75 Å². The first-order valence-corrected chi connectivity index (χ1v) is 9.89. The van der Waals surface area contributed by atoms with Gasteiger partial charge in [-0.1, -0.05) is 6.92 Å². The quantitative estimate of drug-likeness (QED) is 0.804. The Morgan fingerprint density at radius 2 is 2.03 bits per heavy atom. The van der Waals surface area contributed by atoms with Gasteiger partial charge in [0, 0.05) is 50.8 Å². The molecule has 8 nitrogen and oxygen atoms in total. The number of amides is 4. The van der Waals surface area contributed by atoms with Gasteiger partial charge in [-0.15, -0.1) is 0 Å². The molecule has 1 aromatic carbocycles. The van der Waals surface area contributed by atoms with E-state index in [0.717, 1.165) is 0 Å². The number of ether oxygens (including phenoxy) is 1. The molecule has 160 valence electrons. The smallest absolute Gasteiger partial charge is 0.319 e. The van der Waals surface area contributed by atoms with Crippen LogP contribution in [0.2, 0.25) is 0 Å². The van der Waals surface area contributed by atoms with E-state index < -0.39 is 0 Å². The number of urea groups is 1. The fourth-order valence-electron chi connectivity index (χ4n) is 3.18. The van der Waals surface area contributed by atoms with Crippen molar-refractivity contribution in [2.24, 2.45) is 5.92 Å². The Labute approximate surface area is 172 Å². The first-order chi connectivity index (χ1) is 13.6. The number of nitrogens with one attached hydrogen (secondary N) is 2. The molecule has 0 saturated heterocycles. The molecule has 1 aliphatic heterocycles. The molecule has 0 saturated carbocycles. The number of carbonyl (C=O) groups excluding carboxylic acids is 3. The van der Waals surface area contributed by atoms with Crippen molar-refractivity contribution in [1.29, 1.82) is 0 Å². The molecule has 0 bridgehead atoms. The van der Waals surface area contributed by atoms with Gasteiger partial charge in [-0.2, -0.15) is 0 Å². The van der Waals surface area contributed by atoms with E-state index in [-0.39, 0.29) is 42.3 Å². The summed E-state index contributed by atoms with van der Waals surface area (Å²) in [4.78, 5) is 39.6. The maximum atomic E-state index is 12.7. The second kappa shape index (κ2) is 9.62. The number of fused-ring (bicyclic) bond motifs is 1. The highest BCUT2D eigenvalue weighted by Gasteiger charge is 2.28. The number of carbonyl (C=O) groups is 3. The monoisotopic (exact) mass is 404 g/mol. The number of benzene rings is 1. The molecular formula is C21H32N4O4. The van der Waals surface area contributed by atoms with Crippen LogP contribution in [-0.2, 0) is 16.0 Å². The maximum Gasteiger partial charge on any atom is 0.319 e. The molecule has 8 heteroatoms. The third-order valence-electron chi connectivity index (χ3n) is 4.97. The molecule has 1 aromatic rings. The Morgan fingerprint density at radius 3 is 2.66 bits per heavy atom. The molecule has 0 aliphatic carbocycles. The van der Waals surface area contributed by atoms with Gasteiger partial charge in [-0.25, -0.2) is 4.79 Å². The number of nitrogens with zero attached hydrogens (tertiary/aromatic N) is 2. The van der Waals surface area contributed by atoms with Crippen LogP contribution in [0, 0.1) is 5.92 Å². The number of hydrogen-bond donors (Lipinski definition) is 2. The fraction of sp³-hybridized carbons (Fsp3) is 0.571. The van der Waals surface area contributed by atoms with Crippen molar-refractivity contribution in [3.63, 3.8) is 0 Å². The Bertz CT molecular complexity index is 765. The molecule has 0 spiro atoms. The molecule has 0 aromatic heterocycles. The Balaban J connectivity index is 2.31. The SMILES string of the molecule is CC(=O)N(C)C[C@H]1Oc2ccc(NC(=O)NC(C)C)cc2CC(=O)N(C)C[C@@H]1C. The van der Waals surface area contributed by atoms with Crippen LogP contribution in [0.15, 0.2) is 18.2 Å². The highest BCUT2D eigenvalue weighted by Crippen LogP contribution is 2.28. The Morgan fingerprint density at radius 1 is 1.34 bits per heavy atom. The lowest BCUT2D eigenvalue weighted by molar-refractivity contribution is -0.131. The van der Waals surface area contributed by atoms with Crippen molar-refractivity contribution in [2.45, 2.75) is 46.3 Å². The Kier molecular flexibility index (Phi) is 7.47. The topological polar surface area (TPSA) is 91.0 Å². The first kappa shape index (κ1) is 22.5. The summed E-state index contributed by atoms with van der Waals surface area (Å²) in [7, 11) is 3.51. The van der Waals surface area contributed by atoms with E-state index in [1.807, 2.05) is 20.8 Å². The van der Waals surface area contributed by atoms with Crippen LogP contribution < -0.4 is 15.4 Å². The van der Waals surface area contributed by atoms with Crippen LogP contribution in [0.1, 0.15) is 33.3 Å². The van der Waals surface area contributed by atoms with Gasteiger partial charge in [0.2, 0.25) is 11.8 Å². The van der Waals surface area contributed by atoms with Crippen LogP contribution in [0.3, 0.4) is 0 Å². The van der Waals surface area contributed by atoms with Crippen LogP contribution in [-0.4, -0.2) is 67.0 Å². The van der Waals surface area contributed by atoms with E-state index in [9.17, 15) is 14.4 Å². The van der Waals surface area contributed by atoms with E-state index in [4.69, 9.17) is 4.74 Å². The van der Waals surface area contributed by atoms with E-state index >= 15 is 0 Å². The Hall–Kier alpha value is -2.77. The molecule has 29 heavy (non-hydrogen) atoms. The van der Waals surface area contributed by atoms with Gasteiger partial charge in [0.1, 0.15) is 11.9 Å². The fourth-order valence-corrected chi connectivity index (χ4v) is 3.18. The van der Waals surface area contributed by atoms with Gasteiger partial charge in [0.25, 0.3) is 0 Å². The molecule has 1 heterocycles. The number of hydrogen-bond acceptors (Lipinski definition) is 4. The molecular weight excluding hydrogens is 372 g/mol. The molecule has 2 N–H and O–H groups in total. The molecule has 0 fully saturated rings. The molecule has 4 amide bonds. The average Bonchev–Trinajstić information content (AvgIpc) is 2.64. The minimum absolute atomic E-state index is 0.0157. The van der Waals surface area contributed by atoms with Crippen LogP contribution in [0.25, 0.3) is 0 Å². The average molecular weight is 405 g/mol. The predicted molar refractivity (Wildman–Crippen MR) is 112 cm³/mol. The standard InChI is InChI=1S/C21H32N4O4/c1-13(2)22-21(28)23-17-7-8-18-16(9-17)10-20(27)25(6)11-14(3)19(29-18)12-24(5)15(4)26/h7-9,13-14,19H,10-12H2,1-6H3,(H2,22,23,28)/t14-,19+/m0/s1. The van der Waals surface area contributed by atoms with Crippen molar-refractivity contribution in [2.75, 3.05) is 32.5 Å². The zero-order valence-electron chi connectivity index (χ0n) is 18.1. The van der Waals surface area contributed by atoms with Crippen molar-refractivity contribution >= 4 is 23.5 Å². The zero-order chi connectivity index (χ0) is 21.7. The molecule has 1 aliphatic rings. The largest absolute Gasteiger partial charge is 0.488 e. The molecule has 0 radical (unpaired) electrons. The summed E-state index contributed by atoms with van der Waals surface area (Å²) >= 11 is 0. The zero-order valence-corrected chi connectivity index (χ0v) is 18.1. The predicted octanol–water partition coefficient (Wildman–Crippen LogP) is 2.09. The van der Waals surface area contributed by atoms with Crippen LogP contribution in [0.4, 0.5) is 10.5 Å². The van der Waals surface area contributed by atoms with Gasteiger partial charge in [-0.05, 0) is 32.0 Å². The third-order valence-corrected chi connectivity index (χ3v) is 4.97. The van der Waals surface area contributed by atoms with E-state index in [1.54, 1.807) is 42.1 Å². The minimum Gasteiger partial charge on any atom is -0.488 e. The summed E-state index contributed by atoms with van der Waals surface area (Å²) in [5.74, 6) is 0.565. The maximum absolute atomic E-state index is 12.7. The van der Waals surface area contributed by atoms with Gasteiger partial charge < -0.3 is 25.2 Å². The summed E-state index contributed by atoms with van der Waals surface area (Å²) in [6.45, 7) is 8.25. The summed E-state index contributed by atoms with van der Waals surface area (Å²) in [5, 5.41) is 5.56. The minimum atomic E-state index is -0.304. The van der Waals surface area contributed by atoms with Gasteiger partial charge >= 0.3 is 6.03 Å². The number of likely N-dealkylation sites (N-methyl/N-ethyl adjacent to an activating group) is 2. The van der Waals surface area contributed by atoms with E-state index in [2.05, 4.69) is 10.6 Å². The van der Waals surface area contributed by atoms with Crippen LogP contribution >= 0.6 is 0 Å². The summed E-state index contributed by atoms with van der Waals surface area (Å²) in [6, 6.07) is 5.00. The van der Waals surface area contributed by atoms with Crippen molar-refractivity contribution < 1.29 is 19.1 Å². The van der Waals surface area contributed by atoms with Gasteiger partial charge in [0.05, 0.1) is 13.0 Å². The second-order valence-electron chi connectivity index (χ2n) is 8.06. The molecule has 2 atom stereocenters. The van der Waals surface area contributed by atoms with E-state index in [0.29, 0.717) is 30.1 Å². The van der Waals surface area contributed by atoms with Crippen molar-refractivity contribution in [3.05, 3.63) is 23.8 Å². The third kappa shape index (κ3) is 6.37. The molecule has 0 unspecified atom stereocenters. The number of anilines is 1. The van der Waals surface area contributed by atoms with Gasteiger partial charge in [0.15, 0.2) is 0 Å². The normalized spacial score (nSPS) is 19.4. The summed E-state index contributed by atoms with van der Waals surface area (Å²) in [6.07, 6.45) is -0.0890.